The minimum Gasteiger partial charge on any atom is -0.484 e. The lowest BCUT2D eigenvalue weighted by molar-refractivity contribution is 0.284. The van der Waals surface area contributed by atoms with E-state index in [1.54, 1.807) is 14.2 Å². The highest BCUT2D eigenvalue weighted by Crippen LogP contribution is 2.30. The summed E-state index contributed by atoms with van der Waals surface area (Å²) in [6.45, 7) is 6.53. The topological polar surface area (TPSA) is 30.8 Å². The van der Waals surface area contributed by atoms with Gasteiger partial charge in [-0.1, -0.05) is 32.4 Å². The molecular formula is C12H19NO2. The number of hydrogen-bond acceptors (Lipinski definition) is 3. The molecule has 0 aromatic rings. The van der Waals surface area contributed by atoms with E-state index >= 15 is 0 Å². The van der Waals surface area contributed by atoms with Crippen LogP contribution < -0.4 is 0 Å². The van der Waals surface area contributed by atoms with Crippen LogP contribution in [0, 0.1) is 5.41 Å². The van der Waals surface area contributed by atoms with Crippen LogP contribution in [0.2, 0.25) is 0 Å². The van der Waals surface area contributed by atoms with Crippen molar-refractivity contribution < 1.29 is 9.47 Å². The third kappa shape index (κ3) is 3.11. The van der Waals surface area contributed by atoms with E-state index in [0.717, 1.165) is 6.42 Å². The zero-order valence-corrected chi connectivity index (χ0v) is 10.1. The van der Waals surface area contributed by atoms with Crippen LogP contribution >= 0.6 is 0 Å². The third-order valence-electron chi connectivity index (χ3n) is 2.41. The zero-order valence-electron chi connectivity index (χ0n) is 10.1. The van der Waals surface area contributed by atoms with Crippen LogP contribution in [-0.2, 0) is 9.47 Å². The van der Waals surface area contributed by atoms with E-state index in [9.17, 15) is 0 Å². The molecule has 3 heteroatoms. The second-order valence-electron chi connectivity index (χ2n) is 4.54. The summed E-state index contributed by atoms with van der Waals surface area (Å²) < 4.78 is 10.3. The van der Waals surface area contributed by atoms with Gasteiger partial charge in [0.25, 0.3) is 0 Å². The number of methoxy groups -OCH3 is 2. The Kier molecular flexibility index (Phi) is 3.56. The normalized spacial score (nSPS) is 17.3. The molecule has 0 spiro atoms. The molecule has 15 heavy (non-hydrogen) atoms. The van der Waals surface area contributed by atoms with Crippen molar-refractivity contribution in [2.75, 3.05) is 14.2 Å². The summed E-state index contributed by atoms with van der Waals surface area (Å²) in [7, 11) is 3.25. The molecule has 0 aliphatic carbocycles. The Hall–Kier alpha value is -1.25. The Morgan fingerprint density at radius 3 is 2.27 bits per heavy atom. The Morgan fingerprint density at radius 2 is 1.80 bits per heavy atom. The summed E-state index contributed by atoms with van der Waals surface area (Å²) in [5.74, 6) is 1.29. The second-order valence-corrected chi connectivity index (χ2v) is 4.54. The van der Waals surface area contributed by atoms with E-state index < -0.39 is 0 Å². The Balaban J connectivity index is 3.01. The smallest absolute Gasteiger partial charge is 0.215 e. The van der Waals surface area contributed by atoms with Gasteiger partial charge < -0.3 is 9.47 Å². The quantitative estimate of drug-likeness (QED) is 0.664. The monoisotopic (exact) mass is 209 g/mol. The molecule has 0 N–H and O–H groups in total. The van der Waals surface area contributed by atoms with Crippen LogP contribution in [0.4, 0.5) is 0 Å². The van der Waals surface area contributed by atoms with Gasteiger partial charge in [0.2, 0.25) is 5.88 Å². The molecule has 1 aliphatic rings. The number of ether oxygens (including phenoxy) is 2. The Morgan fingerprint density at radius 1 is 1.13 bits per heavy atom. The first-order valence-corrected chi connectivity index (χ1v) is 5.04. The predicted octanol–water partition coefficient (Wildman–Crippen LogP) is 2.90. The summed E-state index contributed by atoms with van der Waals surface area (Å²) in [6.07, 6.45) is 4.68. The van der Waals surface area contributed by atoms with Crippen molar-refractivity contribution in [3.05, 3.63) is 23.6 Å². The molecule has 0 aromatic carbocycles. The molecule has 1 heterocycles. The summed E-state index contributed by atoms with van der Waals surface area (Å²) in [4.78, 5) is 4.26. The lowest BCUT2D eigenvalue weighted by Crippen LogP contribution is -2.13. The van der Waals surface area contributed by atoms with Crippen LogP contribution in [0.3, 0.4) is 0 Å². The highest BCUT2D eigenvalue weighted by atomic mass is 16.5. The van der Waals surface area contributed by atoms with E-state index in [0.29, 0.717) is 11.8 Å². The standard InChI is InChI=1S/C12H19NO2/c1-12(2,3)9-6-7-10(14-4)13-11(8-9)15-5/h6-7H,8H2,1-5H3. The first-order chi connectivity index (χ1) is 6.97. The molecule has 0 unspecified atom stereocenters. The number of rotatable bonds is 1. The van der Waals surface area contributed by atoms with Gasteiger partial charge in [-0.3, -0.25) is 0 Å². The van der Waals surface area contributed by atoms with Gasteiger partial charge in [-0.2, -0.15) is 4.99 Å². The molecule has 0 amide bonds. The molecule has 1 aliphatic heterocycles. The highest BCUT2D eigenvalue weighted by Gasteiger charge is 2.20. The molecule has 0 saturated heterocycles. The van der Waals surface area contributed by atoms with Crippen molar-refractivity contribution in [1.82, 2.24) is 0 Å². The van der Waals surface area contributed by atoms with Crippen molar-refractivity contribution in [2.24, 2.45) is 10.4 Å². The molecule has 0 atom stereocenters. The van der Waals surface area contributed by atoms with Gasteiger partial charge in [-0.15, -0.1) is 0 Å². The van der Waals surface area contributed by atoms with Crippen LogP contribution in [-0.4, -0.2) is 20.1 Å². The fourth-order valence-electron chi connectivity index (χ4n) is 1.34. The summed E-state index contributed by atoms with van der Waals surface area (Å²) in [6, 6.07) is 0. The fraction of sp³-hybridized carbons (Fsp3) is 0.583. The first-order valence-electron chi connectivity index (χ1n) is 5.04. The summed E-state index contributed by atoms with van der Waals surface area (Å²) in [5.41, 5.74) is 1.41. The average molecular weight is 209 g/mol. The van der Waals surface area contributed by atoms with Crippen molar-refractivity contribution in [2.45, 2.75) is 27.2 Å². The van der Waals surface area contributed by atoms with Crippen LogP contribution in [0.5, 0.6) is 0 Å². The van der Waals surface area contributed by atoms with E-state index in [2.05, 4.69) is 31.8 Å². The molecule has 0 bridgehead atoms. The molecule has 0 saturated carbocycles. The van der Waals surface area contributed by atoms with Gasteiger partial charge in [-0.05, 0) is 5.41 Å². The molecule has 84 valence electrons. The van der Waals surface area contributed by atoms with Gasteiger partial charge in [0.1, 0.15) is 0 Å². The highest BCUT2D eigenvalue weighted by molar-refractivity contribution is 5.80. The van der Waals surface area contributed by atoms with Crippen molar-refractivity contribution in [3.8, 4) is 0 Å². The first kappa shape index (κ1) is 11.8. The molecule has 3 nitrogen and oxygen atoms in total. The van der Waals surface area contributed by atoms with E-state index in [4.69, 9.17) is 9.47 Å². The SMILES string of the molecule is COC1=CC=C(C(C)(C)C)CC(OC)=N1. The molecule has 1 rings (SSSR count). The number of hydrogen-bond donors (Lipinski definition) is 0. The maximum atomic E-state index is 5.22. The van der Waals surface area contributed by atoms with E-state index in [-0.39, 0.29) is 5.41 Å². The van der Waals surface area contributed by atoms with Crippen LogP contribution in [0.25, 0.3) is 0 Å². The van der Waals surface area contributed by atoms with Crippen molar-refractivity contribution in [3.63, 3.8) is 0 Å². The lowest BCUT2D eigenvalue weighted by Gasteiger charge is -2.22. The zero-order chi connectivity index (χ0) is 11.5. The van der Waals surface area contributed by atoms with Gasteiger partial charge in [-0.25, -0.2) is 0 Å². The lowest BCUT2D eigenvalue weighted by atomic mass is 9.84. The van der Waals surface area contributed by atoms with Gasteiger partial charge in [0.15, 0.2) is 5.90 Å². The minimum atomic E-state index is 0.124. The molecular weight excluding hydrogens is 190 g/mol. The number of aliphatic imine (C=N–C) groups is 1. The molecule has 0 radical (unpaired) electrons. The predicted molar refractivity (Wildman–Crippen MR) is 61.7 cm³/mol. The summed E-state index contributed by atoms with van der Waals surface area (Å²) >= 11 is 0. The fourth-order valence-corrected chi connectivity index (χ4v) is 1.34. The Labute approximate surface area is 91.5 Å². The maximum absolute atomic E-state index is 5.22. The second kappa shape index (κ2) is 4.51. The minimum absolute atomic E-state index is 0.124. The average Bonchev–Trinajstić information content (AvgIpc) is 2.38. The maximum Gasteiger partial charge on any atom is 0.215 e. The van der Waals surface area contributed by atoms with E-state index in [1.807, 2.05) is 6.08 Å². The summed E-state index contributed by atoms with van der Waals surface area (Å²) in [5, 5.41) is 0. The van der Waals surface area contributed by atoms with Crippen LogP contribution in [0.1, 0.15) is 27.2 Å². The Bertz CT molecular complexity index is 319. The number of nitrogens with zero attached hydrogens (tertiary/aromatic N) is 1. The number of allylic oxidation sites excluding steroid dienone is 2. The van der Waals surface area contributed by atoms with Gasteiger partial charge in [0.05, 0.1) is 14.2 Å². The van der Waals surface area contributed by atoms with Crippen molar-refractivity contribution in [1.29, 1.82) is 0 Å². The third-order valence-corrected chi connectivity index (χ3v) is 2.41. The van der Waals surface area contributed by atoms with Gasteiger partial charge in [0, 0.05) is 12.5 Å². The van der Waals surface area contributed by atoms with Crippen molar-refractivity contribution >= 4 is 5.90 Å². The molecule has 0 fully saturated rings. The molecule has 0 aromatic heterocycles. The van der Waals surface area contributed by atoms with E-state index in [1.165, 1.54) is 5.57 Å². The van der Waals surface area contributed by atoms with Crippen LogP contribution in [0.15, 0.2) is 28.6 Å². The largest absolute Gasteiger partial charge is 0.484 e. The van der Waals surface area contributed by atoms with Gasteiger partial charge >= 0.3 is 0 Å².